The molecule has 0 amide bonds. The third kappa shape index (κ3) is 1.06. The molecule has 2 aliphatic rings. The van der Waals surface area contributed by atoms with Gasteiger partial charge in [-0.15, -0.1) is 0 Å². The fourth-order valence-corrected chi connectivity index (χ4v) is 2.49. The van der Waals surface area contributed by atoms with Crippen LogP contribution in [-0.2, 0) is 4.74 Å². The first kappa shape index (κ1) is 7.86. The van der Waals surface area contributed by atoms with Gasteiger partial charge in [-0.2, -0.15) is 0 Å². The number of rotatable bonds is 1. The van der Waals surface area contributed by atoms with Gasteiger partial charge in [-0.05, 0) is 31.1 Å². The second-order valence-corrected chi connectivity index (χ2v) is 3.67. The number of fused-ring (bicyclic) bond motifs is 2. The maximum absolute atomic E-state index is 10.2. The van der Waals surface area contributed by atoms with Crippen molar-refractivity contribution in [3.05, 3.63) is 0 Å². The SMILES string of the molecule is O=C(O)OC1C2CCC(C2)C1O. The van der Waals surface area contributed by atoms with Crippen molar-refractivity contribution >= 4 is 6.16 Å². The summed E-state index contributed by atoms with van der Waals surface area (Å²) in [7, 11) is 0. The number of aliphatic hydroxyl groups is 1. The third-order valence-corrected chi connectivity index (χ3v) is 3.03. The topological polar surface area (TPSA) is 66.8 Å². The van der Waals surface area contributed by atoms with E-state index in [2.05, 4.69) is 4.74 Å². The van der Waals surface area contributed by atoms with Gasteiger partial charge in [0.1, 0.15) is 6.10 Å². The van der Waals surface area contributed by atoms with Crippen molar-refractivity contribution < 1.29 is 19.7 Å². The van der Waals surface area contributed by atoms with Crippen LogP contribution in [0.1, 0.15) is 19.3 Å². The fraction of sp³-hybridized carbons (Fsp3) is 0.875. The predicted molar refractivity (Wildman–Crippen MR) is 39.7 cm³/mol. The molecule has 4 atom stereocenters. The van der Waals surface area contributed by atoms with Crippen LogP contribution in [0.2, 0.25) is 0 Å². The molecule has 2 fully saturated rings. The highest BCUT2D eigenvalue weighted by Gasteiger charge is 2.49. The average molecular weight is 172 g/mol. The maximum Gasteiger partial charge on any atom is 0.506 e. The molecule has 2 aliphatic carbocycles. The summed E-state index contributed by atoms with van der Waals surface area (Å²) in [6, 6.07) is 0. The van der Waals surface area contributed by atoms with Crippen LogP contribution in [0.3, 0.4) is 0 Å². The summed E-state index contributed by atoms with van der Waals surface area (Å²) in [6.45, 7) is 0. The van der Waals surface area contributed by atoms with Crippen LogP contribution in [-0.4, -0.2) is 28.6 Å². The van der Waals surface area contributed by atoms with Crippen LogP contribution < -0.4 is 0 Å². The Morgan fingerprint density at radius 3 is 2.50 bits per heavy atom. The summed E-state index contributed by atoms with van der Waals surface area (Å²) in [5, 5.41) is 17.9. The molecule has 12 heavy (non-hydrogen) atoms. The molecule has 4 unspecified atom stereocenters. The molecule has 0 saturated heterocycles. The van der Waals surface area contributed by atoms with Gasteiger partial charge in [-0.3, -0.25) is 0 Å². The van der Waals surface area contributed by atoms with Crippen molar-refractivity contribution in [3.8, 4) is 0 Å². The van der Waals surface area contributed by atoms with E-state index in [9.17, 15) is 9.90 Å². The minimum Gasteiger partial charge on any atom is -0.450 e. The summed E-state index contributed by atoms with van der Waals surface area (Å²) in [5.41, 5.74) is 0. The first-order chi connectivity index (χ1) is 5.68. The molecule has 0 aromatic carbocycles. The quantitative estimate of drug-likeness (QED) is 0.575. The van der Waals surface area contributed by atoms with Gasteiger partial charge < -0.3 is 14.9 Å². The van der Waals surface area contributed by atoms with E-state index < -0.39 is 18.4 Å². The van der Waals surface area contributed by atoms with Crippen LogP contribution >= 0.6 is 0 Å². The van der Waals surface area contributed by atoms with Gasteiger partial charge in [0, 0.05) is 0 Å². The van der Waals surface area contributed by atoms with E-state index in [1.54, 1.807) is 0 Å². The fourth-order valence-electron chi connectivity index (χ4n) is 2.49. The number of ether oxygens (including phenoxy) is 1. The zero-order valence-electron chi connectivity index (χ0n) is 6.64. The Kier molecular flexibility index (Phi) is 1.72. The molecule has 0 aliphatic heterocycles. The third-order valence-electron chi connectivity index (χ3n) is 3.03. The Morgan fingerprint density at radius 1 is 1.33 bits per heavy atom. The van der Waals surface area contributed by atoms with Gasteiger partial charge in [0.2, 0.25) is 0 Å². The molecule has 0 spiro atoms. The lowest BCUT2D eigenvalue weighted by Gasteiger charge is -2.25. The molecule has 2 N–H and O–H groups in total. The van der Waals surface area contributed by atoms with E-state index >= 15 is 0 Å². The monoisotopic (exact) mass is 172 g/mol. The van der Waals surface area contributed by atoms with E-state index in [-0.39, 0.29) is 11.8 Å². The zero-order chi connectivity index (χ0) is 8.72. The van der Waals surface area contributed by atoms with Crippen molar-refractivity contribution in [3.63, 3.8) is 0 Å². The lowest BCUT2D eigenvalue weighted by atomic mass is 9.95. The minimum atomic E-state index is -1.27. The molecule has 0 aromatic heterocycles. The first-order valence-corrected chi connectivity index (χ1v) is 4.26. The predicted octanol–water partition coefficient (Wildman–Crippen LogP) is 0.840. The molecule has 2 bridgehead atoms. The van der Waals surface area contributed by atoms with Crippen LogP contribution in [0.25, 0.3) is 0 Å². The maximum atomic E-state index is 10.2. The normalized spacial score (nSPS) is 44.8. The van der Waals surface area contributed by atoms with E-state index in [1.165, 1.54) is 0 Å². The number of hydrogen-bond donors (Lipinski definition) is 2. The van der Waals surface area contributed by atoms with Gasteiger partial charge in [0.25, 0.3) is 0 Å². The Morgan fingerprint density at radius 2 is 2.00 bits per heavy atom. The highest BCUT2D eigenvalue weighted by Crippen LogP contribution is 2.45. The summed E-state index contributed by atoms with van der Waals surface area (Å²) < 4.78 is 4.62. The number of aliphatic hydroxyl groups excluding tert-OH is 1. The molecule has 0 aromatic rings. The molecule has 68 valence electrons. The zero-order valence-corrected chi connectivity index (χ0v) is 6.64. The minimum absolute atomic E-state index is 0.265. The van der Waals surface area contributed by atoms with Gasteiger partial charge in [-0.25, -0.2) is 4.79 Å². The average Bonchev–Trinajstić information content (AvgIpc) is 2.53. The summed E-state index contributed by atoms with van der Waals surface area (Å²) >= 11 is 0. The van der Waals surface area contributed by atoms with Crippen LogP contribution in [0.4, 0.5) is 4.79 Å². The number of hydrogen-bond acceptors (Lipinski definition) is 3. The van der Waals surface area contributed by atoms with Crippen molar-refractivity contribution in [2.75, 3.05) is 0 Å². The van der Waals surface area contributed by atoms with Gasteiger partial charge >= 0.3 is 6.16 Å². The van der Waals surface area contributed by atoms with E-state index in [0.29, 0.717) is 0 Å². The van der Waals surface area contributed by atoms with Gasteiger partial charge in [-0.1, -0.05) is 0 Å². The van der Waals surface area contributed by atoms with Crippen molar-refractivity contribution in [1.82, 2.24) is 0 Å². The van der Waals surface area contributed by atoms with Crippen LogP contribution in [0.15, 0.2) is 0 Å². The van der Waals surface area contributed by atoms with Crippen molar-refractivity contribution in [1.29, 1.82) is 0 Å². The Hall–Kier alpha value is -0.770. The Bertz CT molecular complexity index is 201. The number of carboxylic acid groups (broad SMARTS) is 1. The Labute approximate surface area is 70.1 Å². The lowest BCUT2D eigenvalue weighted by molar-refractivity contribution is -0.0444. The standard InChI is InChI=1S/C8H12O4/c9-6-4-1-2-5(3-4)7(6)12-8(10)11/h4-7,9H,1-3H2,(H,10,11). The van der Waals surface area contributed by atoms with Crippen LogP contribution in [0.5, 0.6) is 0 Å². The largest absolute Gasteiger partial charge is 0.506 e. The van der Waals surface area contributed by atoms with Gasteiger partial charge in [0.05, 0.1) is 6.10 Å². The molecular formula is C8H12O4. The molecular weight excluding hydrogens is 160 g/mol. The second kappa shape index (κ2) is 2.62. The van der Waals surface area contributed by atoms with Crippen molar-refractivity contribution in [2.45, 2.75) is 31.5 Å². The summed E-state index contributed by atoms with van der Waals surface area (Å²) in [4.78, 5) is 10.2. The number of carbonyl (C=O) groups is 1. The smallest absolute Gasteiger partial charge is 0.450 e. The Balaban J connectivity index is 2.02. The molecule has 4 heteroatoms. The summed E-state index contributed by atoms with van der Waals surface area (Å²) in [5.74, 6) is 0.542. The van der Waals surface area contributed by atoms with E-state index in [0.717, 1.165) is 19.3 Å². The van der Waals surface area contributed by atoms with E-state index in [1.807, 2.05) is 0 Å². The van der Waals surface area contributed by atoms with Crippen molar-refractivity contribution in [2.24, 2.45) is 11.8 Å². The lowest BCUT2D eigenvalue weighted by Crippen LogP contribution is -2.36. The molecule has 0 radical (unpaired) electrons. The summed E-state index contributed by atoms with van der Waals surface area (Å²) in [6.07, 6.45) is 0.664. The van der Waals surface area contributed by atoms with Crippen LogP contribution in [0, 0.1) is 11.8 Å². The molecule has 0 heterocycles. The van der Waals surface area contributed by atoms with E-state index in [4.69, 9.17) is 5.11 Å². The first-order valence-electron chi connectivity index (χ1n) is 4.26. The molecule has 2 rings (SSSR count). The molecule has 4 nitrogen and oxygen atoms in total. The second-order valence-electron chi connectivity index (χ2n) is 3.67. The molecule has 2 saturated carbocycles. The highest BCUT2D eigenvalue weighted by molar-refractivity contribution is 5.57. The van der Waals surface area contributed by atoms with Gasteiger partial charge in [0.15, 0.2) is 0 Å². The highest BCUT2D eigenvalue weighted by atomic mass is 16.7.